The van der Waals surface area contributed by atoms with E-state index >= 15 is 0 Å². The minimum Gasteiger partial charge on any atom is -0.446 e. The first-order valence-corrected chi connectivity index (χ1v) is 48.3. The number of imide groups is 1. The lowest BCUT2D eigenvalue weighted by Gasteiger charge is -2.58. The molecule has 0 aromatic rings. The van der Waals surface area contributed by atoms with Crippen LogP contribution >= 0.6 is 0 Å². The van der Waals surface area contributed by atoms with Gasteiger partial charge in [-0.1, -0.05) is 152 Å². The molecule has 25 heteroatoms. The number of hydrogen-bond donors (Lipinski definition) is 4. The third-order valence-electron chi connectivity index (χ3n) is 30.6. The molecule has 17 atom stereocenters. The topological polar surface area (TPSA) is 285 Å². The maximum absolute atomic E-state index is 13.6. The van der Waals surface area contributed by atoms with Crippen LogP contribution in [-0.2, 0) is 80.8 Å². The highest BCUT2D eigenvalue weighted by atomic mass is 16.6. The molecule has 1 aliphatic heterocycles. The van der Waals surface area contributed by atoms with Crippen LogP contribution in [0, 0.1) is 104 Å². The van der Waals surface area contributed by atoms with Crippen LogP contribution in [0.25, 0.3) is 0 Å². The first-order chi connectivity index (χ1) is 58.5. The number of nitrogens with zero attached hydrogens (tertiary/aromatic N) is 2. The summed E-state index contributed by atoms with van der Waals surface area (Å²) in [6.45, 7) is 38.7. The largest absolute Gasteiger partial charge is 0.446 e. The smallest absolute Gasteiger partial charge is 0.407 e. The van der Waals surface area contributed by atoms with E-state index in [1.807, 2.05) is 20.8 Å². The van der Waals surface area contributed by atoms with Crippen molar-refractivity contribution in [2.75, 3.05) is 178 Å². The standard InChI is InChI=1S/C97H166N6O19/c1-69(2)16-14-18-71(5)79-24-26-81-77-22-20-73-66-75(28-35-94(73,10)83(77)30-37-96(79,81)12)121-91(109)100-41-50-113-48-39-98-86(104)33-46-111-54-58-117-62-64-119-60-56-115-52-44-102(88(106)32-43-103-89(107)68-85(90(103)108)93(7,8)9)45-53-116-57-61-120-65-63-118-59-55-112-47-34-87(105)99-40-49-114-51-42-101-92(110)122-76-29-36-95(11)74(67-76)21-23-78-82-27-25-80(72(6)19-15-17-70(3)4)97(82,13)38-31-84(78)95/h20-21,69-72,75-85H,14-19,22-68H2,1-13H3,(H,98,104)(H,99,105)(H,100,109)(H,101,110)/t71-,72-,75?,76?,77+,78+,79-,80-,81+,82+,83+,84+,85?,94+,95+,96-,97-/m0/s1. The van der Waals surface area contributed by atoms with Crippen LogP contribution in [0.4, 0.5) is 9.59 Å². The zero-order chi connectivity index (χ0) is 87.7. The number of nitrogens with one attached hydrogen (secondary N) is 4. The molecule has 0 aromatic carbocycles. The molecule has 0 radical (unpaired) electrons. The highest BCUT2D eigenvalue weighted by Gasteiger charge is 2.61. The van der Waals surface area contributed by atoms with Crippen LogP contribution in [0.5, 0.6) is 0 Å². The molecule has 25 nitrogen and oxygen atoms in total. The Bertz CT molecular complexity index is 3090. The fourth-order valence-electron chi connectivity index (χ4n) is 23.8. The number of fused-ring (bicyclic) bond motifs is 10. The average Bonchev–Trinajstić information content (AvgIpc) is 1.33. The van der Waals surface area contributed by atoms with Gasteiger partial charge in [0.2, 0.25) is 29.5 Å². The number of allylic oxidation sites excluding steroid dienone is 2. The molecule has 9 rings (SSSR count). The van der Waals surface area contributed by atoms with Crippen molar-refractivity contribution in [3.05, 3.63) is 23.3 Å². The van der Waals surface area contributed by atoms with Gasteiger partial charge in [-0.25, -0.2) is 9.59 Å². The molecule has 0 aromatic heterocycles. The van der Waals surface area contributed by atoms with E-state index in [1.54, 1.807) is 4.90 Å². The molecule has 4 N–H and O–H groups in total. The van der Waals surface area contributed by atoms with Gasteiger partial charge in [0.05, 0.1) is 138 Å². The quantitative estimate of drug-likeness (QED) is 0.0250. The molecule has 122 heavy (non-hydrogen) atoms. The van der Waals surface area contributed by atoms with Gasteiger partial charge >= 0.3 is 12.2 Å². The van der Waals surface area contributed by atoms with Gasteiger partial charge in [0.15, 0.2) is 0 Å². The van der Waals surface area contributed by atoms with E-state index in [2.05, 4.69) is 103 Å². The van der Waals surface area contributed by atoms with Crippen molar-refractivity contribution in [2.45, 2.75) is 269 Å². The molecule has 698 valence electrons. The Morgan fingerprint density at radius 3 is 1.18 bits per heavy atom. The van der Waals surface area contributed by atoms with Gasteiger partial charge in [-0.3, -0.25) is 28.9 Å². The Hall–Kier alpha value is -4.83. The Morgan fingerprint density at radius 2 is 0.803 bits per heavy atom. The van der Waals surface area contributed by atoms with E-state index in [0.29, 0.717) is 143 Å². The number of amides is 7. The van der Waals surface area contributed by atoms with Gasteiger partial charge in [0, 0.05) is 84.3 Å². The van der Waals surface area contributed by atoms with E-state index in [1.165, 1.54) is 119 Å². The van der Waals surface area contributed by atoms with Crippen LogP contribution in [0.15, 0.2) is 23.3 Å². The summed E-state index contributed by atoms with van der Waals surface area (Å²) in [7, 11) is 0. The lowest BCUT2D eigenvalue weighted by Crippen LogP contribution is -2.51. The second-order valence-electron chi connectivity index (χ2n) is 40.4. The Balaban J connectivity index is 0.517. The second kappa shape index (κ2) is 50.8. The summed E-state index contributed by atoms with van der Waals surface area (Å²) in [6.07, 6.45) is 31.7. The molecule has 0 spiro atoms. The number of rotatable bonds is 57. The van der Waals surface area contributed by atoms with Crippen LogP contribution in [-0.4, -0.2) is 242 Å². The number of hydrogen-bond acceptors (Lipinski definition) is 19. The van der Waals surface area contributed by atoms with E-state index in [9.17, 15) is 33.6 Å². The highest BCUT2D eigenvalue weighted by Crippen LogP contribution is 2.69. The summed E-state index contributed by atoms with van der Waals surface area (Å²) >= 11 is 0. The zero-order valence-corrected chi connectivity index (χ0v) is 77.9. The van der Waals surface area contributed by atoms with Gasteiger partial charge in [-0.15, -0.1) is 0 Å². The zero-order valence-electron chi connectivity index (χ0n) is 77.9. The lowest BCUT2D eigenvalue weighted by molar-refractivity contribution is -0.141. The van der Waals surface area contributed by atoms with Crippen LogP contribution in [0.3, 0.4) is 0 Å². The number of carbonyl (C=O) groups excluding carboxylic acids is 7. The summed E-state index contributed by atoms with van der Waals surface area (Å²) in [5.41, 5.74) is 4.00. The number of ether oxygens (including phenoxy) is 12. The summed E-state index contributed by atoms with van der Waals surface area (Å²) in [5.74, 6) is 8.12. The van der Waals surface area contributed by atoms with E-state index in [-0.39, 0.29) is 130 Å². The summed E-state index contributed by atoms with van der Waals surface area (Å²) in [6, 6.07) is 0. The monoisotopic (exact) mass is 1720 g/mol. The van der Waals surface area contributed by atoms with Crippen molar-refractivity contribution < 1.29 is 90.4 Å². The van der Waals surface area contributed by atoms with Crippen molar-refractivity contribution in [3.63, 3.8) is 0 Å². The molecular formula is C97H166N6O19. The van der Waals surface area contributed by atoms with Crippen LogP contribution < -0.4 is 21.3 Å². The first-order valence-electron chi connectivity index (χ1n) is 48.3. The predicted octanol–water partition coefficient (Wildman–Crippen LogP) is 15.1. The minimum atomic E-state index is -0.426. The third kappa shape index (κ3) is 29.9. The summed E-state index contributed by atoms with van der Waals surface area (Å²) in [4.78, 5) is 93.0. The molecule has 7 fully saturated rings. The van der Waals surface area contributed by atoms with Crippen molar-refractivity contribution in [3.8, 4) is 0 Å². The Kier molecular flexibility index (Phi) is 42.0. The SMILES string of the molecule is CC(C)CCC[C@H](C)[C@@H]1CC[C@@H]2[C@H]3CC=C4CC(OC(=O)NCCOCCNC(=O)CCOCCOCCOCCOCCN(CCOCCOCCOCCOCCC(=O)NCCOCCNC(=O)OC5CC[C@]6(C)C(=CC[C@@H]7[C@H]8CC[C@@H]([C@@H](C)CCCC(C)C)[C@]8(C)CC[C@H]76)C5)C(=O)CCN5C(=O)CC(C(C)(C)C)C5=O)CC[C@@]4(C)[C@@H]3CC[C@]21C. The number of carbonyl (C=O) groups is 7. The third-order valence-corrected chi connectivity index (χ3v) is 30.6. The molecule has 7 amide bonds. The summed E-state index contributed by atoms with van der Waals surface area (Å²) < 4.78 is 68.8. The van der Waals surface area contributed by atoms with Crippen molar-refractivity contribution >= 4 is 41.7 Å². The van der Waals surface area contributed by atoms with Gasteiger partial charge in [0.25, 0.3) is 0 Å². The minimum absolute atomic E-state index is 0.00932. The maximum atomic E-state index is 13.6. The van der Waals surface area contributed by atoms with Crippen LogP contribution in [0.2, 0.25) is 0 Å². The molecule has 8 aliphatic carbocycles. The molecule has 1 saturated heterocycles. The van der Waals surface area contributed by atoms with Gasteiger partial charge in [0.1, 0.15) is 12.2 Å². The van der Waals surface area contributed by atoms with E-state index in [4.69, 9.17) is 56.8 Å². The second-order valence-corrected chi connectivity index (χ2v) is 40.4. The molecule has 1 heterocycles. The van der Waals surface area contributed by atoms with Gasteiger partial charge < -0.3 is 83.0 Å². The number of alkyl carbamates (subject to hydrolysis) is 2. The average molecular weight is 1720 g/mol. The number of likely N-dealkylation sites (tertiary alicyclic amines) is 1. The Morgan fingerprint density at radius 1 is 0.434 bits per heavy atom. The van der Waals surface area contributed by atoms with Crippen molar-refractivity contribution in [2.24, 2.45) is 104 Å². The normalized spacial score (nSPS) is 29.1. The molecule has 6 saturated carbocycles. The van der Waals surface area contributed by atoms with Gasteiger partial charge in [-0.2, -0.15) is 0 Å². The molecular weight excluding hydrogens is 1550 g/mol. The van der Waals surface area contributed by atoms with Gasteiger partial charge in [-0.05, 0) is 188 Å². The van der Waals surface area contributed by atoms with Crippen LogP contribution in [0.1, 0.15) is 257 Å². The van der Waals surface area contributed by atoms with E-state index < -0.39 is 18.1 Å². The maximum Gasteiger partial charge on any atom is 0.407 e. The highest BCUT2D eigenvalue weighted by molar-refractivity contribution is 6.04. The van der Waals surface area contributed by atoms with Crippen molar-refractivity contribution in [1.29, 1.82) is 0 Å². The fraction of sp³-hybridized carbons (Fsp3) is 0.887. The first kappa shape index (κ1) is 101. The fourth-order valence-corrected chi connectivity index (χ4v) is 23.8. The Labute approximate surface area is 734 Å². The molecule has 0 bridgehead atoms. The predicted molar refractivity (Wildman–Crippen MR) is 472 cm³/mol. The molecule has 9 aliphatic rings. The lowest BCUT2D eigenvalue weighted by atomic mass is 9.47. The molecule has 3 unspecified atom stereocenters. The van der Waals surface area contributed by atoms with E-state index in [0.717, 1.165) is 110 Å². The summed E-state index contributed by atoms with van der Waals surface area (Å²) in [5, 5.41) is 11.4. The van der Waals surface area contributed by atoms with Crippen molar-refractivity contribution in [1.82, 2.24) is 31.1 Å².